The Morgan fingerprint density at radius 2 is 2.05 bits per heavy atom. The summed E-state index contributed by atoms with van der Waals surface area (Å²) in [4.78, 5) is 22.6. The summed E-state index contributed by atoms with van der Waals surface area (Å²) in [5, 5.41) is 11.5. The monoisotopic (exact) mass is 440 g/mol. The van der Waals surface area contributed by atoms with Gasteiger partial charge in [-0.3, -0.25) is 9.59 Å². The third-order valence-corrected chi connectivity index (χ3v) is 6.25. The minimum atomic E-state index is -4.13. The number of halogens is 2. The molecule has 1 amide bonds. The first-order valence-electron chi connectivity index (χ1n) is 5.70. The van der Waals surface area contributed by atoms with Crippen molar-refractivity contribution in [2.24, 2.45) is 0 Å². The van der Waals surface area contributed by atoms with Crippen LogP contribution < -0.4 is 5.32 Å². The molecule has 2 rings (SSSR count). The lowest BCUT2D eigenvalue weighted by Gasteiger charge is -2.31. The Morgan fingerprint density at radius 3 is 2.67 bits per heavy atom. The van der Waals surface area contributed by atoms with E-state index in [1.165, 1.54) is 12.1 Å². The highest BCUT2D eigenvalue weighted by atomic mass is 79.9. The van der Waals surface area contributed by atoms with E-state index in [0.717, 1.165) is 0 Å². The standard InChI is InChI=1S/C11H10Br2N2O5S/c12-6-1-2-7(13)9(3-6)21(19,20)15-5-10(16)14-4-8(15)11(17)18/h1-3,8H,4-5H2,(H,14,16)(H,17,18). The molecule has 114 valence electrons. The molecule has 2 N–H and O–H groups in total. The van der Waals surface area contributed by atoms with Crippen molar-refractivity contribution >= 4 is 53.8 Å². The first-order chi connectivity index (χ1) is 9.73. The second-order valence-corrected chi connectivity index (χ2v) is 7.91. The van der Waals surface area contributed by atoms with E-state index in [9.17, 15) is 18.0 Å². The molecule has 1 atom stereocenters. The van der Waals surface area contributed by atoms with Crippen LogP contribution in [0.1, 0.15) is 0 Å². The number of nitrogens with one attached hydrogen (secondary N) is 1. The van der Waals surface area contributed by atoms with Gasteiger partial charge in [-0.2, -0.15) is 4.31 Å². The number of carboxylic acid groups (broad SMARTS) is 1. The molecule has 1 aromatic carbocycles. The molecule has 0 spiro atoms. The second-order valence-electron chi connectivity index (χ2n) is 4.28. The Labute approximate surface area is 137 Å². The lowest BCUT2D eigenvalue weighted by molar-refractivity contribution is -0.143. The molecule has 0 radical (unpaired) electrons. The van der Waals surface area contributed by atoms with Crippen molar-refractivity contribution in [3.8, 4) is 0 Å². The van der Waals surface area contributed by atoms with Gasteiger partial charge in [0.15, 0.2) is 0 Å². The average Bonchev–Trinajstić information content (AvgIpc) is 2.41. The van der Waals surface area contributed by atoms with E-state index in [-0.39, 0.29) is 11.4 Å². The summed E-state index contributed by atoms with van der Waals surface area (Å²) in [5.74, 6) is -1.85. The highest BCUT2D eigenvalue weighted by molar-refractivity contribution is 9.11. The molecule has 1 aromatic rings. The van der Waals surface area contributed by atoms with Crippen LogP contribution in [0.5, 0.6) is 0 Å². The summed E-state index contributed by atoms with van der Waals surface area (Å²) >= 11 is 6.30. The van der Waals surface area contributed by atoms with Crippen LogP contribution in [0.15, 0.2) is 32.0 Å². The van der Waals surface area contributed by atoms with Crippen LogP contribution in [0.4, 0.5) is 0 Å². The fourth-order valence-corrected chi connectivity index (χ4v) is 4.89. The Balaban J connectivity index is 2.52. The number of sulfonamides is 1. The predicted octanol–water partition coefficient (Wildman–Crippen LogP) is 0.785. The fraction of sp³-hybridized carbons (Fsp3) is 0.273. The third-order valence-electron chi connectivity index (χ3n) is 2.90. The van der Waals surface area contributed by atoms with Crippen molar-refractivity contribution in [1.82, 2.24) is 9.62 Å². The largest absolute Gasteiger partial charge is 0.480 e. The lowest BCUT2D eigenvalue weighted by Crippen LogP contribution is -2.59. The number of hydrogen-bond acceptors (Lipinski definition) is 4. The van der Waals surface area contributed by atoms with Gasteiger partial charge in [0.05, 0.1) is 11.4 Å². The zero-order valence-electron chi connectivity index (χ0n) is 10.4. The van der Waals surface area contributed by atoms with Crippen LogP contribution >= 0.6 is 31.9 Å². The molecule has 0 bridgehead atoms. The zero-order chi connectivity index (χ0) is 15.8. The van der Waals surface area contributed by atoms with E-state index in [1.807, 2.05) is 0 Å². The average molecular weight is 442 g/mol. The number of rotatable bonds is 3. The molecule has 1 saturated heterocycles. The first-order valence-corrected chi connectivity index (χ1v) is 8.72. The quantitative estimate of drug-likeness (QED) is 0.721. The zero-order valence-corrected chi connectivity index (χ0v) is 14.4. The molecule has 0 aliphatic carbocycles. The van der Waals surface area contributed by atoms with Gasteiger partial charge in [-0.1, -0.05) is 15.9 Å². The van der Waals surface area contributed by atoms with E-state index < -0.39 is 34.5 Å². The van der Waals surface area contributed by atoms with Gasteiger partial charge in [0.2, 0.25) is 15.9 Å². The summed E-state index contributed by atoms with van der Waals surface area (Å²) < 4.78 is 26.8. The molecule has 1 heterocycles. The van der Waals surface area contributed by atoms with Crippen molar-refractivity contribution in [3.05, 3.63) is 27.1 Å². The van der Waals surface area contributed by atoms with Crippen LogP contribution in [0.25, 0.3) is 0 Å². The van der Waals surface area contributed by atoms with Crippen molar-refractivity contribution in [3.63, 3.8) is 0 Å². The van der Waals surface area contributed by atoms with Crippen molar-refractivity contribution < 1.29 is 23.1 Å². The number of benzene rings is 1. The SMILES string of the molecule is O=C1CN(S(=O)(=O)c2cc(Br)ccc2Br)C(C(=O)O)CN1. The van der Waals surface area contributed by atoms with Gasteiger partial charge in [0.25, 0.3) is 0 Å². The summed E-state index contributed by atoms with van der Waals surface area (Å²) in [5.41, 5.74) is 0. The number of amides is 1. The maximum atomic E-state index is 12.7. The van der Waals surface area contributed by atoms with E-state index >= 15 is 0 Å². The fourth-order valence-electron chi connectivity index (χ4n) is 1.88. The summed E-state index contributed by atoms with van der Waals surface area (Å²) in [6.45, 7) is -0.794. The number of hydrogen-bond donors (Lipinski definition) is 2. The normalized spacial score (nSPS) is 20.1. The van der Waals surface area contributed by atoms with Gasteiger partial charge in [0, 0.05) is 15.5 Å². The predicted molar refractivity (Wildman–Crippen MR) is 80.2 cm³/mol. The maximum Gasteiger partial charge on any atom is 0.323 e. The third kappa shape index (κ3) is 3.28. The minimum absolute atomic E-state index is 0.0992. The number of nitrogens with zero attached hydrogens (tertiary/aromatic N) is 1. The summed E-state index contributed by atoms with van der Waals surface area (Å²) in [6, 6.07) is 3.18. The Hall–Kier alpha value is -0.970. The van der Waals surface area contributed by atoms with E-state index in [1.54, 1.807) is 6.07 Å². The lowest BCUT2D eigenvalue weighted by atomic mass is 10.2. The maximum absolute atomic E-state index is 12.7. The molecule has 7 nitrogen and oxygen atoms in total. The van der Waals surface area contributed by atoms with Crippen molar-refractivity contribution in [2.45, 2.75) is 10.9 Å². The molecule has 1 fully saturated rings. The Morgan fingerprint density at radius 1 is 1.38 bits per heavy atom. The first kappa shape index (κ1) is 16.4. The number of carbonyl (C=O) groups is 2. The number of piperazine rings is 1. The number of aliphatic carboxylic acids is 1. The van der Waals surface area contributed by atoms with Crippen LogP contribution in [0.2, 0.25) is 0 Å². The molecule has 0 aromatic heterocycles. The van der Waals surface area contributed by atoms with Gasteiger partial charge < -0.3 is 10.4 Å². The summed E-state index contributed by atoms with van der Waals surface area (Å²) in [7, 11) is -4.13. The molecule has 1 unspecified atom stereocenters. The Bertz CT molecular complexity index is 707. The van der Waals surface area contributed by atoms with Crippen molar-refractivity contribution in [1.29, 1.82) is 0 Å². The smallest absolute Gasteiger partial charge is 0.323 e. The van der Waals surface area contributed by atoms with Gasteiger partial charge >= 0.3 is 5.97 Å². The van der Waals surface area contributed by atoms with Gasteiger partial charge in [0.1, 0.15) is 6.04 Å². The second kappa shape index (κ2) is 6.03. The van der Waals surface area contributed by atoms with Crippen LogP contribution in [-0.2, 0) is 19.6 Å². The Kier molecular flexibility index (Phi) is 4.71. The topological polar surface area (TPSA) is 104 Å². The van der Waals surface area contributed by atoms with Crippen LogP contribution in [0.3, 0.4) is 0 Å². The van der Waals surface area contributed by atoms with Gasteiger partial charge in [-0.15, -0.1) is 0 Å². The highest BCUT2D eigenvalue weighted by Crippen LogP contribution is 2.29. The molecule has 1 aliphatic heterocycles. The van der Waals surface area contributed by atoms with Gasteiger partial charge in [-0.25, -0.2) is 8.42 Å². The highest BCUT2D eigenvalue weighted by Gasteiger charge is 2.41. The minimum Gasteiger partial charge on any atom is -0.480 e. The van der Waals surface area contributed by atoms with Crippen molar-refractivity contribution in [2.75, 3.05) is 13.1 Å². The number of carboxylic acids is 1. The molecular formula is C11H10Br2N2O5S. The van der Waals surface area contributed by atoms with E-state index in [0.29, 0.717) is 13.3 Å². The van der Waals surface area contributed by atoms with Crippen LogP contribution in [0, 0.1) is 0 Å². The molecule has 1 aliphatic rings. The summed E-state index contributed by atoms with van der Waals surface area (Å²) in [6.07, 6.45) is 0. The molecule has 10 heteroatoms. The molecule has 0 saturated carbocycles. The molecular weight excluding hydrogens is 432 g/mol. The number of carbonyl (C=O) groups excluding carboxylic acids is 1. The van der Waals surface area contributed by atoms with E-state index in [2.05, 4.69) is 37.2 Å². The van der Waals surface area contributed by atoms with Crippen LogP contribution in [-0.4, -0.2) is 48.8 Å². The molecule has 21 heavy (non-hydrogen) atoms. The van der Waals surface area contributed by atoms with Gasteiger partial charge in [-0.05, 0) is 34.1 Å². The van der Waals surface area contributed by atoms with E-state index in [4.69, 9.17) is 5.11 Å².